The van der Waals surface area contributed by atoms with E-state index < -0.39 is 36.5 Å². The van der Waals surface area contributed by atoms with Gasteiger partial charge in [-0.1, -0.05) is 18.2 Å². The Hall–Kier alpha value is -2.80. The highest BCUT2D eigenvalue weighted by atomic mass is 19.4. The number of carbonyl (C=O) groups excluding carboxylic acids is 2. The van der Waals surface area contributed by atoms with Gasteiger partial charge in [-0.25, -0.2) is 9.69 Å². The molecule has 0 aliphatic carbocycles. The smallest absolute Gasteiger partial charge is 0.325 e. The zero-order valence-corrected chi connectivity index (χ0v) is 17.5. The van der Waals surface area contributed by atoms with Crippen molar-refractivity contribution in [3.8, 4) is 6.07 Å². The fourth-order valence-electron chi connectivity index (χ4n) is 5.44. The molecule has 3 fully saturated rings. The summed E-state index contributed by atoms with van der Waals surface area (Å²) in [6.07, 6.45) is -1.57. The zero-order valence-electron chi connectivity index (χ0n) is 17.5. The number of hydrogen-bond acceptors (Lipinski definition) is 4. The Kier molecular flexibility index (Phi) is 6.03. The molecule has 0 saturated carbocycles. The van der Waals surface area contributed by atoms with E-state index in [0.717, 1.165) is 6.42 Å². The normalized spacial score (nSPS) is 28.3. The van der Waals surface area contributed by atoms with E-state index in [0.29, 0.717) is 38.6 Å². The van der Waals surface area contributed by atoms with Crippen molar-refractivity contribution in [3.63, 3.8) is 0 Å². The number of hydrogen-bond donors (Lipinski definition) is 1. The molecule has 10 heteroatoms. The molecule has 0 radical (unpaired) electrons. The minimum Gasteiger partial charge on any atom is -0.325 e. The van der Waals surface area contributed by atoms with Gasteiger partial charge in [0.1, 0.15) is 6.04 Å². The molecule has 1 aromatic rings. The van der Waals surface area contributed by atoms with Crippen LogP contribution in [0, 0.1) is 17.2 Å². The van der Waals surface area contributed by atoms with Gasteiger partial charge in [0.15, 0.2) is 0 Å². The lowest BCUT2D eigenvalue weighted by Crippen LogP contribution is -2.59. The van der Waals surface area contributed by atoms with Crippen LogP contribution >= 0.6 is 0 Å². The Morgan fingerprint density at radius 2 is 1.75 bits per heavy atom. The van der Waals surface area contributed by atoms with Gasteiger partial charge in [0.25, 0.3) is 0 Å². The molecule has 32 heavy (non-hydrogen) atoms. The summed E-state index contributed by atoms with van der Waals surface area (Å²) in [7, 11) is 0. The van der Waals surface area contributed by atoms with Crippen LogP contribution in [0.4, 0.5) is 23.7 Å². The predicted molar refractivity (Wildman–Crippen MR) is 110 cm³/mol. The number of amides is 3. The quantitative estimate of drug-likeness (QED) is 0.717. The number of nitrogens with two attached hydrogens (primary N) is 1. The molecule has 0 aromatic heterocycles. The van der Waals surface area contributed by atoms with Gasteiger partial charge >= 0.3 is 12.3 Å². The number of carbonyl (C=O) groups is 2. The molecule has 4 unspecified atom stereocenters. The van der Waals surface area contributed by atoms with Crippen LogP contribution in [0.5, 0.6) is 0 Å². The largest absolute Gasteiger partial charge is 0.493 e. The Bertz CT molecular complexity index is 889. The summed E-state index contributed by atoms with van der Waals surface area (Å²) in [4.78, 5) is 28.7. The second-order valence-corrected chi connectivity index (χ2v) is 8.79. The van der Waals surface area contributed by atoms with E-state index in [-0.39, 0.29) is 22.4 Å². The van der Waals surface area contributed by atoms with Gasteiger partial charge in [-0.2, -0.15) is 5.26 Å². The lowest BCUT2D eigenvalue weighted by molar-refractivity contribution is -0.134. The van der Waals surface area contributed by atoms with Gasteiger partial charge in [0.05, 0.1) is 17.8 Å². The van der Waals surface area contributed by atoms with Crippen molar-refractivity contribution in [1.82, 2.24) is 9.80 Å². The molecule has 3 aliphatic heterocycles. The van der Waals surface area contributed by atoms with Crippen molar-refractivity contribution in [1.29, 1.82) is 5.26 Å². The molecule has 172 valence electrons. The van der Waals surface area contributed by atoms with Crippen LogP contribution < -0.4 is 10.6 Å². The summed E-state index contributed by atoms with van der Waals surface area (Å²) in [6.45, 7) is 0.493. The van der Waals surface area contributed by atoms with Crippen LogP contribution in [-0.4, -0.2) is 58.8 Å². The first-order valence-corrected chi connectivity index (χ1v) is 10.9. The summed E-state index contributed by atoms with van der Waals surface area (Å²) in [5.74, 6) is -0.514. The summed E-state index contributed by atoms with van der Waals surface area (Å²) < 4.78 is 41.5. The molecule has 2 N–H and O–H groups in total. The number of urea groups is 1. The first-order valence-electron chi connectivity index (χ1n) is 10.9. The van der Waals surface area contributed by atoms with E-state index >= 15 is 0 Å². The molecule has 2 bridgehead atoms. The average Bonchev–Trinajstić information content (AvgIpc) is 3.34. The van der Waals surface area contributed by atoms with Crippen molar-refractivity contribution in [2.75, 3.05) is 11.4 Å². The van der Waals surface area contributed by atoms with Crippen LogP contribution in [0.25, 0.3) is 0 Å². The third-order valence-corrected chi connectivity index (χ3v) is 6.93. The highest BCUT2D eigenvalue weighted by Crippen LogP contribution is 2.42. The van der Waals surface area contributed by atoms with Gasteiger partial charge in [0.2, 0.25) is 5.91 Å². The van der Waals surface area contributed by atoms with Gasteiger partial charge in [-0.15, -0.1) is 13.2 Å². The standard InChI is InChI=1S/C22H26F3N5O2/c23-22(24,25)30(15-5-2-1-3-6-15)21(32)29-16-8-9-17(29)12-14(11-16)19(27)20(31)28-10-4-7-18(28)13-26/h1-3,5-6,14,16-19H,4,7-12,27H2. The molecule has 4 rings (SSSR count). The number of likely N-dealkylation sites (tertiary alicyclic amines) is 1. The molecule has 3 aliphatic rings. The monoisotopic (exact) mass is 449 g/mol. The molecule has 3 saturated heterocycles. The molecule has 3 amide bonds. The number of alkyl halides is 3. The number of halogens is 3. The highest BCUT2D eigenvalue weighted by molar-refractivity contribution is 5.93. The third kappa shape index (κ3) is 4.01. The minimum atomic E-state index is -4.86. The van der Waals surface area contributed by atoms with Crippen LogP contribution in [0.1, 0.15) is 38.5 Å². The summed E-state index contributed by atoms with van der Waals surface area (Å²) in [5, 5.41) is 9.25. The predicted octanol–water partition coefficient (Wildman–Crippen LogP) is 3.22. The Balaban J connectivity index is 1.50. The molecule has 3 heterocycles. The second-order valence-electron chi connectivity index (χ2n) is 8.79. The van der Waals surface area contributed by atoms with E-state index in [2.05, 4.69) is 6.07 Å². The van der Waals surface area contributed by atoms with Crippen LogP contribution in [-0.2, 0) is 4.79 Å². The summed E-state index contributed by atoms with van der Waals surface area (Å²) in [5.41, 5.74) is 6.06. The number of fused-ring (bicyclic) bond motifs is 2. The Labute approximate surface area is 184 Å². The van der Waals surface area contributed by atoms with Crippen molar-refractivity contribution in [2.45, 2.75) is 69.0 Å². The lowest BCUT2D eigenvalue weighted by atomic mass is 9.84. The van der Waals surface area contributed by atoms with E-state index in [1.54, 1.807) is 6.07 Å². The molecule has 7 nitrogen and oxygen atoms in total. The van der Waals surface area contributed by atoms with Crippen molar-refractivity contribution in [2.24, 2.45) is 11.7 Å². The second kappa shape index (κ2) is 8.62. The molecule has 4 atom stereocenters. The number of nitriles is 1. The number of para-hydroxylation sites is 1. The van der Waals surface area contributed by atoms with E-state index in [1.807, 2.05) is 0 Å². The van der Waals surface area contributed by atoms with Gasteiger partial charge in [0, 0.05) is 18.6 Å². The number of anilines is 1. The maximum Gasteiger partial charge on any atom is 0.493 e. The van der Waals surface area contributed by atoms with Crippen molar-refractivity contribution < 1.29 is 22.8 Å². The Morgan fingerprint density at radius 1 is 1.12 bits per heavy atom. The van der Waals surface area contributed by atoms with Crippen molar-refractivity contribution >= 4 is 17.6 Å². The van der Waals surface area contributed by atoms with E-state index in [9.17, 15) is 28.0 Å². The molecule has 0 spiro atoms. The number of benzene rings is 1. The maximum atomic E-state index is 13.8. The summed E-state index contributed by atoms with van der Waals surface area (Å²) >= 11 is 0. The van der Waals surface area contributed by atoms with Gasteiger partial charge < -0.3 is 15.5 Å². The fourth-order valence-corrected chi connectivity index (χ4v) is 5.44. The molecular weight excluding hydrogens is 423 g/mol. The number of piperidine rings is 1. The van der Waals surface area contributed by atoms with Crippen LogP contribution in [0.15, 0.2) is 30.3 Å². The van der Waals surface area contributed by atoms with Gasteiger partial charge in [-0.3, -0.25) is 4.79 Å². The number of rotatable bonds is 3. The van der Waals surface area contributed by atoms with Gasteiger partial charge in [-0.05, 0) is 56.6 Å². The van der Waals surface area contributed by atoms with Crippen LogP contribution in [0.2, 0.25) is 0 Å². The maximum absolute atomic E-state index is 13.8. The first kappa shape index (κ1) is 22.4. The fraction of sp³-hybridized carbons (Fsp3) is 0.591. The number of nitrogens with zero attached hydrogens (tertiary/aromatic N) is 4. The SMILES string of the molecule is N#CC1CCCN1C(=O)C(N)C1CC2CCC(C1)N2C(=O)N(c1ccccc1)C(F)(F)F. The third-order valence-electron chi connectivity index (χ3n) is 6.93. The summed E-state index contributed by atoms with van der Waals surface area (Å²) in [6, 6.07) is 5.98. The first-order chi connectivity index (χ1) is 15.2. The molecule has 1 aromatic carbocycles. The minimum absolute atomic E-state index is 0.106. The lowest BCUT2D eigenvalue weighted by Gasteiger charge is -2.43. The topological polar surface area (TPSA) is 93.7 Å². The van der Waals surface area contributed by atoms with Crippen LogP contribution in [0.3, 0.4) is 0 Å². The van der Waals surface area contributed by atoms with E-state index in [1.165, 1.54) is 34.1 Å². The average molecular weight is 449 g/mol. The molecular formula is C22H26F3N5O2. The zero-order chi connectivity index (χ0) is 23.0. The van der Waals surface area contributed by atoms with Crippen molar-refractivity contribution in [3.05, 3.63) is 30.3 Å². The highest BCUT2D eigenvalue weighted by Gasteiger charge is 2.52. The Morgan fingerprint density at radius 3 is 2.31 bits per heavy atom. The van der Waals surface area contributed by atoms with E-state index in [4.69, 9.17) is 5.73 Å².